The summed E-state index contributed by atoms with van der Waals surface area (Å²) >= 11 is 5.88. The third kappa shape index (κ3) is 2.20. The average Bonchev–Trinajstić information content (AvgIpc) is 2.26. The van der Waals surface area contributed by atoms with Crippen LogP contribution in [0.3, 0.4) is 0 Å². The lowest BCUT2D eigenvalue weighted by Crippen LogP contribution is -2.59. The van der Waals surface area contributed by atoms with Crippen molar-refractivity contribution < 1.29 is 14.7 Å². The van der Waals surface area contributed by atoms with Crippen LogP contribution in [-0.4, -0.2) is 22.5 Å². The highest BCUT2D eigenvalue weighted by Gasteiger charge is 2.45. The van der Waals surface area contributed by atoms with Crippen LogP contribution in [0.25, 0.3) is 0 Å². The molecule has 1 aliphatic carbocycles. The molecule has 0 radical (unpaired) electrons. The fourth-order valence-corrected chi connectivity index (χ4v) is 2.12. The number of amides is 1. The van der Waals surface area contributed by atoms with Gasteiger partial charge < -0.3 is 10.4 Å². The number of carbonyl (C=O) groups excluding carboxylic acids is 1. The van der Waals surface area contributed by atoms with Crippen molar-refractivity contribution in [3.8, 4) is 0 Å². The summed E-state index contributed by atoms with van der Waals surface area (Å²) in [6.45, 7) is 1.80. The van der Waals surface area contributed by atoms with Crippen molar-refractivity contribution in [1.82, 2.24) is 5.32 Å². The molecule has 0 atom stereocenters. The molecule has 1 aromatic carbocycles. The SMILES string of the molecule is Cc1cc(C(=O)NC2(C(=O)O)CCC2)ccc1Cl. The molecule has 1 fully saturated rings. The van der Waals surface area contributed by atoms with E-state index in [1.165, 1.54) is 0 Å². The minimum atomic E-state index is -1.08. The van der Waals surface area contributed by atoms with Gasteiger partial charge in [0.05, 0.1) is 0 Å². The second kappa shape index (κ2) is 4.61. The minimum Gasteiger partial charge on any atom is -0.480 e. The van der Waals surface area contributed by atoms with Crippen molar-refractivity contribution in [3.05, 3.63) is 34.3 Å². The molecule has 0 aromatic heterocycles. The van der Waals surface area contributed by atoms with Crippen LogP contribution in [0.2, 0.25) is 5.02 Å². The van der Waals surface area contributed by atoms with Crippen LogP contribution < -0.4 is 5.32 Å². The summed E-state index contributed by atoms with van der Waals surface area (Å²) in [4.78, 5) is 23.2. The number of carboxylic acid groups (broad SMARTS) is 1. The van der Waals surface area contributed by atoms with E-state index in [1.54, 1.807) is 25.1 Å². The number of carboxylic acids is 1. The Balaban J connectivity index is 2.17. The zero-order chi connectivity index (χ0) is 13.3. The number of halogens is 1. The van der Waals surface area contributed by atoms with Gasteiger partial charge in [-0.1, -0.05) is 11.6 Å². The molecule has 1 aliphatic rings. The van der Waals surface area contributed by atoms with Gasteiger partial charge in [-0.2, -0.15) is 0 Å². The first-order valence-electron chi connectivity index (χ1n) is 5.77. The molecule has 0 bridgehead atoms. The van der Waals surface area contributed by atoms with E-state index in [4.69, 9.17) is 16.7 Å². The van der Waals surface area contributed by atoms with E-state index in [9.17, 15) is 9.59 Å². The summed E-state index contributed by atoms with van der Waals surface area (Å²) in [6, 6.07) is 4.89. The van der Waals surface area contributed by atoms with Gasteiger partial charge in [0.15, 0.2) is 0 Å². The fraction of sp³-hybridized carbons (Fsp3) is 0.385. The topological polar surface area (TPSA) is 66.4 Å². The highest BCUT2D eigenvalue weighted by molar-refractivity contribution is 6.31. The molecule has 4 nitrogen and oxygen atoms in total. The summed E-state index contributed by atoms with van der Waals surface area (Å²) in [5.74, 6) is -1.33. The van der Waals surface area contributed by atoms with Gasteiger partial charge in [0.2, 0.25) is 0 Å². The predicted octanol–water partition coefficient (Wildman–Crippen LogP) is 2.39. The van der Waals surface area contributed by atoms with Crippen molar-refractivity contribution in [2.45, 2.75) is 31.7 Å². The number of carbonyl (C=O) groups is 2. The Morgan fingerprint density at radius 1 is 1.39 bits per heavy atom. The molecule has 0 saturated heterocycles. The first kappa shape index (κ1) is 12.9. The van der Waals surface area contributed by atoms with E-state index in [1.807, 2.05) is 0 Å². The Morgan fingerprint density at radius 2 is 2.06 bits per heavy atom. The quantitative estimate of drug-likeness (QED) is 0.884. The summed E-state index contributed by atoms with van der Waals surface area (Å²) in [5, 5.41) is 12.3. The molecule has 0 spiro atoms. The standard InChI is InChI=1S/C13H14ClNO3/c1-8-7-9(3-4-10(8)14)11(16)15-13(12(17)18)5-2-6-13/h3-4,7H,2,5-6H2,1H3,(H,15,16)(H,17,18). The summed E-state index contributed by atoms with van der Waals surface area (Å²) in [6.07, 6.45) is 1.80. The maximum absolute atomic E-state index is 12.0. The molecule has 96 valence electrons. The molecule has 1 aromatic rings. The van der Waals surface area contributed by atoms with Crippen molar-refractivity contribution in [2.75, 3.05) is 0 Å². The number of nitrogens with one attached hydrogen (secondary N) is 1. The molecule has 0 unspecified atom stereocenters. The van der Waals surface area contributed by atoms with Gasteiger partial charge in [-0.05, 0) is 49.9 Å². The molecular weight excluding hydrogens is 254 g/mol. The van der Waals surface area contributed by atoms with Crippen LogP contribution >= 0.6 is 11.6 Å². The van der Waals surface area contributed by atoms with Crippen LogP contribution in [0.4, 0.5) is 0 Å². The van der Waals surface area contributed by atoms with E-state index < -0.39 is 11.5 Å². The normalized spacial score (nSPS) is 16.8. The van der Waals surface area contributed by atoms with E-state index in [2.05, 4.69) is 5.32 Å². The van der Waals surface area contributed by atoms with Crippen molar-refractivity contribution in [2.24, 2.45) is 0 Å². The molecule has 5 heteroatoms. The Hall–Kier alpha value is -1.55. The molecule has 0 heterocycles. The van der Waals surface area contributed by atoms with Gasteiger partial charge in [-0.25, -0.2) is 4.79 Å². The van der Waals surface area contributed by atoms with E-state index in [-0.39, 0.29) is 5.91 Å². The average molecular weight is 268 g/mol. The Morgan fingerprint density at radius 3 is 2.50 bits per heavy atom. The van der Waals surface area contributed by atoms with Gasteiger partial charge >= 0.3 is 5.97 Å². The molecule has 1 amide bonds. The number of rotatable bonds is 3. The van der Waals surface area contributed by atoms with E-state index in [0.717, 1.165) is 12.0 Å². The Labute approximate surface area is 110 Å². The summed E-state index contributed by atoms with van der Waals surface area (Å²) < 4.78 is 0. The first-order valence-corrected chi connectivity index (χ1v) is 6.14. The molecule has 0 aliphatic heterocycles. The highest BCUT2D eigenvalue weighted by Crippen LogP contribution is 2.32. The van der Waals surface area contributed by atoms with Gasteiger partial charge in [-0.15, -0.1) is 0 Å². The Kier molecular flexibility index (Phi) is 3.30. The minimum absolute atomic E-state index is 0.364. The number of aryl methyl sites for hydroxylation is 1. The van der Waals surface area contributed by atoms with Crippen LogP contribution in [0, 0.1) is 6.92 Å². The molecule has 1 saturated carbocycles. The number of hydrogen-bond donors (Lipinski definition) is 2. The Bertz CT molecular complexity index is 509. The first-order chi connectivity index (χ1) is 8.44. The van der Waals surface area contributed by atoms with Crippen molar-refractivity contribution >= 4 is 23.5 Å². The lowest BCUT2D eigenvalue weighted by Gasteiger charge is -2.38. The van der Waals surface area contributed by atoms with Gasteiger partial charge in [0.25, 0.3) is 5.91 Å². The maximum atomic E-state index is 12.0. The van der Waals surface area contributed by atoms with Crippen molar-refractivity contribution in [1.29, 1.82) is 0 Å². The van der Waals surface area contributed by atoms with Gasteiger partial charge in [0, 0.05) is 10.6 Å². The second-order valence-corrected chi connectivity index (χ2v) is 5.07. The van der Waals surface area contributed by atoms with Gasteiger partial charge in [-0.3, -0.25) is 4.79 Å². The molecule has 2 rings (SSSR count). The van der Waals surface area contributed by atoms with Crippen LogP contribution in [0.15, 0.2) is 18.2 Å². The van der Waals surface area contributed by atoms with E-state index >= 15 is 0 Å². The summed E-state index contributed by atoms with van der Waals surface area (Å²) in [5.41, 5.74) is 0.150. The maximum Gasteiger partial charge on any atom is 0.329 e. The summed E-state index contributed by atoms with van der Waals surface area (Å²) in [7, 11) is 0. The largest absolute Gasteiger partial charge is 0.480 e. The smallest absolute Gasteiger partial charge is 0.329 e. The lowest BCUT2D eigenvalue weighted by atomic mass is 9.76. The fourth-order valence-electron chi connectivity index (χ4n) is 2.00. The number of benzene rings is 1. The zero-order valence-corrected chi connectivity index (χ0v) is 10.8. The lowest BCUT2D eigenvalue weighted by molar-refractivity contribution is -0.148. The van der Waals surface area contributed by atoms with Crippen LogP contribution in [0.1, 0.15) is 35.2 Å². The van der Waals surface area contributed by atoms with Crippen LogP contribution in [0.5, 0.6) is 0 Å². The third-order valence-electron chi connectivity index (χ3n) is 3.39. The van der Waals surface area contributed by atoms with Crippen LogP contribution in [-0.2, 0) is 4.79 Å². The number of aliphatic carboxylic acids is 1. The van der Waals surface area contributed by atoms with Crippen molar-refractivity contribution in [3.63, 3.8) is 0 Å². The zero-order valence-electron chi connectivity index (χ0n) is 10.00. The second-order valence-electron chi connectivity index (χ2n) is 4.66. The number of hydrogen-bond acceptors (Lipinski definition) is 2. The highest BCUT2D eigenvalue weighted by atomic mass is 35.5. The molecular formula is C13H14ClNO3. The molecule has 18 heavy (non-hydrogen) atoms. The van der Waals surface area contributed by atoms with Gasteiger partial charge in [0.1, 0.15) is 5.54 Å². The predicted molar refractivity (Wildman–Crippen MR) is 67.9 cm³/mol. The molecule has 2 N–H and O–H groups in total. The van der Waals surface area contributed by atoms with E-state index in [0.29, 0.717) is 23.4 Å². The monoisotopic (exact) mass is 267 g/mol. The third-order valence-corrected chi connectivity index (χ3v) is 3.81.